The smallest absolute Gasteiger partial charge is 0.305 e. The molecule has 0 bridgehead atoms. The minimum Gasteiger partial charge on any atom is -0.481 e. The van der Waals surface area contributed by atoms with Crippen LogP contribution >= 0.6 is 0 Å². The van der Waals surface area contributed by atoms with Gasteiger partial charge in [-0.2, -0.15) is 0 Å². The second-order valence-electron chi connectivity index (χ2n) is 7.97. The van der Waals surface area contributed by atoms with Gasteiger partial charge in [-0.25, -0.2) is 0 Å². The van der Waals surface area contributed by atoms with Gasteiger partial charge in [-0.05, 0) is 37.6 Å². The summed E-state index contributed by atoms with van der Waals surface area (Å²) >= 11 is 0. The zero-order valence-electron chi connectivity index (χ0n) is 18.2. The molecule has 1 aliphatic rings. The molecule has 0 saturated carbocycles. The molecule has 0 aliphatic carbocycles. The number of carboxylic acids is 1. The van der Waals surface area contributed by atoms with Crippen LogP contribution in [0.25, 0.3) is 10.8 Å². The van der Waals surface area contributed by atoms with Crippen molar-refractivity contribution < 1.29 is 29.1 Å². The van der Waals surface area contributed by atoms with Crippen molar-refractivity contribution >= 4 is 40.7 Å². The summed E-state index contributed by atoms with van der Waals surface area (Å²) in [6, 6.07) is 6.11. The minimum absolute atomic E-state index is 0.197. The number of aromatic nitrogens is 1. The molecule has 10 heteroatoms. The number of likely N-dealkylation sites (tertiary alicyclic amines) is 1. The summed E-state index contributed by atoms with van der Waals surface area (Å²) in [4.78, 5) is 66.2. The average Bonchev–Trinajstić information content (AvgIpc) is 2.82. The average molecular weight is 454 g/mol. The van der Waals surface area contributed by atoms with Crippen molar-refractivity contribution in [3.05, 3.63) is 42.2 Å². The maximum atomic E-state index is 13.1. The van der Waals surface area contributed by atoms with Crippen molar-refractivity contribution in [2.24, 2.45) is 0 Å². The lowest BCUT2D eigenvalue weighted by Gasteiger charge is -2.36. The fraction of sp³-hybridized carbons (Fsp3) is 0.391. The van der Waals surface area contributed by atoms with Crippen molar-refractivity contribution in [1.29, 1.82) is 0 Å². The van der Waals surface area contributed by atoms with Crippen LogP contribution in [-0.4, -0.2) is 69.6 Å². The highest BCUT2D eigenvalue weighted by Crippen LogP contribution is 2.20. The number of nitrogens with zero attached hydrogens (tertiary/aromatic N) is 2. The molecule has 1 aromatic carbocycles. The molecule has 3 amide bonds. The fourth-order valence-electron chi connectivity index (χ4n) is 3.94. The lowest BCUT2D eigenvalue weighted by atomic mass is 9.99. The van der Waals surface area contributed by atoms with Gasteiger partial charge in [0, 0.05) is 18.1 Å². The summed E-state index contributed by atoms with van der Waals surface area (Å²) in [6.45, 7) is 1.85. The largest absolute Gasteiger partial charge is 0.481 e. The van der Waals surface area contributed by atoms with E-state index in [9.17, 15) is 24.0 Å². The molecule has 0 spiro atoms. The van der Waals surface area contributed by atoms with E-state index in [1.54, 1.807) is 18.2 Å². The summed E-state index contributed by atoms with van der Waals surface area (Å²) in [6.07, 6.45) is 3.11. The van der Waals surface area contributed by atoms with E-state index in [1.807, 2.05) is 12.1 Å². The first-order valence-corrected chi connectivity index (χ1v) is 10.7. The first-order chi connectivity index (χ1) is 15.8. The number of piperidine rings is 1. The van der Waals surface area contributed by atoms with E-state index in [-0.39, 0.29) is 5.69 Å². The first kappa shape index (κ1) is 23.8. The molecule has 0 radical (unpaired) electrons. The van der Waals surface area contributed by atoms with Gasteiger partial charge in [0.25, 0.3) is 5.91 Å². The Balaban J connectivity index is 1.70. The third-order valence-corrected chi connectivity index (χ3v) is 5.58. The zero-order chi connectivity index (χ0) is 24.0. The highest BCUT2D eigenvalue weighted by molar-refractivity contribution is 6.06. The number of hydrogen-bond donors (Lipinski definition) is 3. The van der Waals surface area contributed by atoms with Crippen molar-refractivity contribution in [2.45, 2.75) is 50.7 Å². The van der Waals surface area contributed by atoms with Crippen LogP contribution in [0.2, 0.25) is 0 Å². The molecule has 2 heterocycles. The molecule has 1 aliphatic heterocycles. The number of amides is 3. The van der Waals surface area contributed by atoms with Gasteiger partial charge in [-0.15, -0.1) is 0 Å². The monoisotopic (exact) mass is 454 g/mol. The van der Waals surface area contributed by atoms with Gasteiger partial charge in [-0.1, -0.05) is 24.3 Å². The van der Waals surface area contributed by atoms with Crippen LogP contribution in [0.1, 0.15) is 43.1 Å². The predicted octanol–water partition coefficient (Wildman–Crippen LogP) is 0.893. The third kappa shape index (κ3) is 5.71. The van der Waals surface area contributed by atoms with E-state index in [1.165, 1.54) is 18.0 Å². The van der Waals surface area contributed by atoms with E-state index in [0.29, 0.717) is 37.5 Å². The number of carbonyl (C=O) groups excluding carboxylic acids is 4. The Morgan fingerprint density at radius 3 is 2.67 bits per heavy atom. The van der Waals surface area contributed by atoms with Gasteiger partial charge in [0.1, 0.15) is 24.1 Å². The minimum atomic E-state index is -1.22. The van der Waals surface area contributed by atoms with Gasteiger partial charge in [-0.3, -0.25) is 24.2 Å². The summed E-state index contributed by atoms with van der Waals surface area (Å²) in [5, 5.41) is 15.4. The molecule has 1 saturated heterocycles. The van der Waals surface area contributed by atoms with E-state index in [2.05, 4.69) is 15.6 Å². The van der Waals surface area contributed by atoms with E-state index >= 15 is 0 Å². The Bertz CT molecular complexity index is 1070. The topological polar surface area (TPSA) is 146 Å². The van der Waals surface area contributed by atoms with Crippen LogP contribution in [-0.2, 0) is 19.2 Å². The number of pyridine rings is 1. The predicted molar refractivity (Wildman–Crippen MR) is 118 cm³/mol. The first-order valence-electron chi connectivity index (χ1n) is 10.7. The lowest BCUT2D eigenvalue weighted by molar-refractivity contribution is -0.144. The fourth-order valence-corrected chi connectivity index (χ4v) is 3.94. The highest BCUT2D eigenvalue weighted by atomic mass is 16.4. The maximum absolute atomic E-state index is 13.1. The second kappa shape index (κ2) is 10.7. The number of hydrogen-bond acceptors (Lipinski definition) is 6. The van der Waals surface area contributed by atoms with Gasteiger partial charge in [0.2, 0.25) is 11.8 Å². The Kier molecular flexibility index (Phi) is 7.70. The number of fused-ring (bicyclic) bond motifs is 1. The number of nitrogens with one attached hydrogen (secondary N) is 2. The Hall–Kier alpha value is -3.82. The van der Waals surface area contributed by atoms with E-state index in [4.69, 9.17) is 5.11 Å². The SMILES string of the molecule is C[C@H](NC(=O)c1nccc2ccccc12)C(=O)N1CCCCC1C(=O)N[C@H](C=O)CC(=O)O. The van der Waals surface area contributed by atoms with Gasteiger partial charge in [0.05, 0.1) is 12.5 Å². The molecule has 3 atom stereocenters. The number of aliphatic carboxylic acids is 1. The molecule has 3 N–H and O–H groups in total. The van der Waals surface area contributed by atoms with Crippen LogP contribution in [0.4, 0.5) is 0 Å². The number of carbonyl (C=O) groups is 5. The van der Waals surface area contributed by atoms with E-state index < -0.39 is 48.2 Å². The summed E-state index contributed by atoms with van der Waals surface area (Å²) in [7, 11) is 0. The van der Waals surface area contributed by atoms with Gasteiger partial charge < -0.3 is 25.4 Å². The highest BCUT2D eigenvalue weighted by Gasteiger charge is 2.35. The Morgan fingerprint density at radius 2 is 1.94 bits per heavy atom. The van der Waals surface area contributed by atoms with Crippen LogP contribution in [0.15, 0.2) is 36.5 Å². The van der Waals surface area contributed by atoms with Crippen LogP contribution < -0.4 is 10.6 Å². The Morgan fingerprint density at radius 1 is 1.18 bits per heavy atom. The molecule has 3 rings (SSSR count). The van der Waals surface area contributed by atoms with Crippen LogP contribution in [0.5, 0.6) is 0 Å². The van der Waals surface area contributed by atoms with Crippen LogP contribution in [0, 0.1) is 0 Å². The molecular formula is C23H26N4O6. The second-order valence-corrected chi connectivity index (χ2v) is 7.97. The number of aldehydes is 1. The van der Waals surface area contributed by atoms with Crippen molar-refractivity contribution in [2.75, 3.05) is 6.54 Å². The molecular weight excluding hydrogens is 428 g/mol. The quantitative estimate of drug-likeness (QED) is 0.502. The zero-order valence-corrected chi connectivity index (χ0v) is 18.2. The molecule has 1 fully saturated rings. The number of benzene rings is 1. The van der Waals surface area contributed by atoms with Crippen molar-refractivity contribution in [1.82, 2.24) is 20.5 Å². The van der Waals surface area contributed by atoms with E-state index in [0.717, 1.165) is 5.39 Å². The maximum Gasteiger partial charge on any atom is 0.305 e. The van der Waals surface area contributed by atoms with Gasteiger partial charge in [0.15, 0.2) is 0 Å². The van der Waals surface area contributed by atoms with Crippen LogP contribution in [0.3, 0.4) is 0 Å². The molecule has 1 unspecified atom stereocenters. The molecule has 1 aromatic heterocycles. The van der Waals surface area contributed by atoms with Crippen molar-refractivity contribution in [3.8, 4) is 0 Å². The van der Waals surface area contributed by atoms with Crippen molar-refractivity contribution in [3.63, 3.8) is 0 Å². The van der Waals surface area contributed by atoms with Gasteiger partial charge >= 0.3 is 5.97 Å². The molecule has 2 aromatic rings. The Labute approximate surface area is 190 Å². The summed E-state index contributed by atoms with van der Waals surface area (Å²) in [5.41, 5.74) is 0.197. The summed E-state index contributed by atoms with van der Waals surface area (Å²) < 4.78 is 0. The molecule has 10 nitrogen and oxygen atoms in total. The normalized spacial score (nSPS) is 17.6. The standard InChI is InChI=1S/C23H26N4O6/c1-14(25-22(32)20-17-7-3-2-6-15(17)9-10-24-20)23(33)27-11-5-4-8-18(27)21(31)26-16(13-28)12-19(29)30/h2-3,6-7,9-10,13-14,16,18H,4-5,8,11-12H2,1H3,(H,25,32)(H,26,31)(H,29,30)/t14-,16-,18?/m0/s1. The molecule has 33 heavy (non-hydrogen) atoms. The number of carboxylic acid groups (broad SMARTS) is 1. The number of rotatable bonds is 8. The third-order valence-electron chi connectivity index (χ3n) is 5.58. The summed E-state index contributed by atoms with van der Waals surface area (Å²) in [5.74, 6) is -2.75. The lowest BCUT2D eigenvalue weighted by Crippen LogP contribution is -2.58. The molecule has 174 valence electrons.